The monoisotopic (exact) mass is 806 g/mol. The molecule has 0 bridgehead atoms. The van der Waals surface area contributed by atoms with Crippen LogP contribution in [0.4, 0.5) is 0 Å². The Kier molecular flexibility index (Phi) is 14.1. The molecule has 264 valence electrons. The van der Waals surface area contributed by atoms with Gasteiger partial charge in [-0.15, -0.1) is 0 Å². The van der Waals surface area contributed by atoms with Gasteiger partial charge in [0.1, 0.15) is 36.6 Å². The molecule has 30 nitrogen and oxygen atoms in total. The van der Waals surface area contributed by atoms with E-state index in [0.29, 0.717) is 0 Å². The third-order valence-corrected chi connectivity index (χ3v) is 10.1. The van der Waals surface area contributed by atoms with Crippen molar-refractivity contribution in [3.05, 3.63) is 0 Å². The van der Waals surface area contributed by atoms with Gasteiger partial charge >= 0.3 is 0 Å². The average molecular weight is 806 g/mol. The minimum atomic E-state index is -7.10. The van der Waals surface area contributed by atoms with Crippen LogP contribution >= 0.6 is 62.6 Å². The van der Waals surface area contributed by atoms with E-state index in [1.165, 1.54) is 0 Å². The van der Waals surface area contributed by atoms with Crippen LogP contribution in [0, 0.1) is 0 Å². The maximum Gasteiger partial charge on any atom is 0.272 e. The molecule has 0 aromatic rings. The Bertz CT molecular complexity index is 1310. The van der Waals surface area contributed by atoms with Gasteiger partial charge in [-0.05, 0) is 0 Å². The Labute approximate surface area is 240 Å². The highest BCUT2D eigenvalue weighted by molar-refractivity contribution is 7.59. The van der Waals surface area contributed by atoms with Crippen LogP contribution in [0.2, 0.25) is 0 Å². The highest BCUT2D eigenvalue weighted by atomic mass is 31.3. The first kappa shape index (κ1) is 43.0. The zero-order valence-electron chi connectivity index (χ0n) is 19.3. The lowest BCUT2D eigenvalue weighted by molar-refractivity contribution is -0.380. The van der Waals surface area contributed by atoms with Crippen LogP contribution < -0.4 is 68.5 Å². The molecule has 0 spiro atoms. The summed E-state index contributed by atoms with van der Waals surface area (Å²) in [6, 6.07) is 0. The molecule has 1 rings (SSSR count). The van der Waals surface area contributed by atoms with Gasteiger partial charge in [-0.3, -0.25) is 17.8 Å². The van der Waals surface area contributed by atoms with Crippen molar-refractivity contribution in [2.24, 2.45) is 0 Å². The molecule has 0 amide bonds. The van der Waals surface area contributed by atoms with Crippen molar-refractivity contribution in [1.29, 1.82) is 0 Å². The molecule has 0 aromatic carbocycles. The predicted octanol–water partition coefficient (Wildman–Crippen LogP) is -11.7. The van der Waals surface area contributed by atoms with Gasteiger partial charge in [0.05, 0.1) is 46.9 Å². The summed E-state index contributed by atoms with van der Waals surface area (Å²) in [5, 5.41) is 0. The molecule has 38 heteroatoms. The van der Waals surface area contributed by atoms with Crippen LogP contribution in [0.3, 0.4) is 0 Å². The molecular formula is C6H6O30P8-14. The smallest absolute Gasteiger partial charge is 0.272 e. The molecule has 4 unspecified atom stereocenters. The van der Waals surface area contributed by atoms with Gasteiger partial charge in [-0.1, -0.05) is 0 Å². The van der Waals surface area contributed by atoms with Crippen LogP contribution in [-0.4, -0.2) is 36.6 Å². The molecule has 0 aliphatic heterocycles. The molecule has 0 aromatic heterocycles. The quantitative estimate of drug-likeness (QED) is 0.131. The number of phosphoric acid groups is 8. The standard InChI is InChI=1S/C6H20O30P8/c7-37(8,9)29-1-2(30-38(10,11)12)5(33-43(25,26)35-41(19,20)21)4(32-40(16,17)18)6(3(1)31-39(13,14)15)34-44(27,28)36-42(22,23)24/h1-6H,(H,25,26)(H,27,28)(H2,7,8,9)(H2,10,11,12)(H2,13,14,15)(H2,16,17,18)(H2,19,20,21)(H2,22,23,24)/p-14/t1?,2-,3-,4?,5-,6+/m0/s1. The van der Waals surface area contributed by atoms with Gasteiger partial charge in [0.2, 0.25) is 0 Å². The molecule has 1 fully saturated rings. The van der Waals surface area contributed by atoms with Crippen LogP contribution in [0.15, 0.2) is 0 Å². The minimum Gasteiger partial charge on any atom is -0.790 e. The van der Waals surface area contributed by atoms with Crippen LogP contribution in [0.1, 0.15) is 0 Å². The van der Waals surface area contributed by atoms with E-state index in [1.807, 2.05) is 0 Å². The topological polar surface area (TPSA) is 533 Å². The van der Waals surface area contributed by atoms with Gasteiger partial charge in [0, 0.05) is 0 Å². The molecule has 0 saturated heterocycles. The van der Waals surface area contributed by atoms with E-state index in [0.717, 1.165) is 0 Å². The summed E-state index contributed by atoms with van der Waals surface area (Å²) in [6.45, 7) is 0. The fraction of sp³-hybridized carbons (Fsp3) is 1.00. The number of hydrogen-bond acceptors (Lipinski definition) is 30. The summed E-state index contributed by atoms with van der Waals surface area (Å²) >= 11 is 0. The van der Waals surface area contributed by atoms with E-state index in [-0.39, 0.29) is 0 Å². The number of phosphoric ester groups is 6. The molecular weight excluding hydrogens is 800 g/mol. The Hall–Kier alpha value is 0.960. The first-order chi connectivity index (χ1) is 19.0. The summed E-state index contributed by atoms with van der Waals surface area (Å²) in [4.78, 5) is 157. The Balaban J connectivity index is 4.23. The van der Waals surface area contributed by atoms with Crippen molar-refractivity contribution >= 4 is 62.6 Å². The Morgan fingerprint density at radius 2 is 0.432 bits per heavy atom. The van der Waals surface area contributed by atoms with E-state index >= 15 is 0 Å². The van der Waals surface area contributed by atoms with Crippen LogP contribution in [0.5, 0.6) is 0 Å². The molecule has 1 saturated carbocycles. The summed E-state index contributed by atoms with van der Waals surface area (Å²) < 4.78 is 118. The normalized spacial score (nSPS) is 29.1. The van der Waals surface area contributed by atoms with E-state index < -0.39 is 99.2 Å². The van der Waals surface area contributed by atoms with Crippen molar-refractivity contribution in [2.45, 2.75) is 36.6 Å². The first-order valence-electron chi connectivity index (χ1n) is 9.26. The van der Waals surface area contributed by atoms with Gasteiger partial charge in [0.25, 0.3) is 15.6 Å². The second kappa shape index (κ2) is 14.4. The van der Waals surface area contributed by atoms with Gasteiger partial charge < -0.3 is 123 Å². The molecule has 1 aliphatic rings. The van der Waals surface area contributed by atoms with Crippen molar-refractivity contribution in [2.75, 3.05) is 0 Å². The minimum absolute atomic E-state index is 2.89. The third kappa shape index (κ3) is 16.9. The second-order valence-electron chi connectivity index (χ2n) is 7.16. The molecule has 0 radical (unpaired) electrons. The number of hydrogen-bond donors (Lipinski definition) is 0. The lowest BCUT2D eigenvalue weighted by atomic mass is 9.85. The maximum atomic E-state index is 12.0. The zero-order valence-corrected chi connectivity index (χ0v) is 26.4. The fourth-order valence-electron chi connectivity index (χ4n) is 3.02. The fourth-order valence-corrected chi connectivity index (χ4v) is 8.52. The lowest BCUT2D eigenvalue weighted by Gasteiger charge is -2.56. The predicted molar refractivity (Wildman–Crippen MR) is 92.3 cm³/mol. The summed E-state index contributed by atoms with van der Waals surface area (Å²) in [5.41, 5.74) is 0. The highest BCUT2D eigenvalue weighted by Gasteiger charge is 2.58. The third-order valence-electron chi connectivity index (χ3n) is 3.85. The largest absolute Gasteiger partial charge is 0.790 e. The van der Waals surface area contributed by atoms with Gasteiger partial charge in [-0.25, -0.2) is 0 Å². The van der Waals surface area contributed by atoms with E-state index in [4.69, 9.17) is 0 Å². The van der Waals surface area contributed by atoms with Crippen LogP contribution in [0.25, 0.3) is 0 Å². The zero-order chi connectivity index (χ0) is 35.1. The summed E-state index contributed by atoms with van der Waals surface area (Å²) in [5.74, 6) is 0. The summed E-state index contributed by atoms with van der Waals surface area (Å²) in [6.07, 6.45) is -23.6. The van der Waals surface area contributed by atoms with E-state index in [1.54, 1.807) is 0 Å². The molecule has 1 aliphatic carbocycles. The van der Waals surface area contributed by atoms with Gasteiger partial charge in [-0.2, -0.15) is 0 Å². The molecule has 0 heterocycles. The van der Waals surface area contributed by atoms with E-state index in [2.05, 4.69) is 35.8 Å². The van der Waals surface area contributed by atoms with Crippen molar-refractivity contribution in [3.63, 3.8) is 0 Å². The Morgan fingerprint density at radius 1 is 0.273 bits per heavy atom. The average Bonchev–Trinajstić information content (AvgIpc) is 2.62. The van der Waals surface area contributed by atoms with Crippen molar-refractivity contribution < 1.29 is 141 Å². The second-order valence-corrected chi connectivity index (χ2v) is 16.9. The molecule has 0 N–H and O–H groups in total. The maximum absolute atomic E-state index is 12.0. The lowest BCUT2D eigenvalue weighted by Crippen LogP contribution is -2.67. The van der Waals surface area contributed by atoms with Crippen LogP contribution in [-0.2, 0) is 72.3 Å². The summed E-state index contributed by atoms with van der Waals surface area (Å²) in [7, 11) is -55.7. The molecule has 44 heavy (non-hydrogen) atoms. The van der Waals surface area contributed by atoms with Gasteiger partial charge in [0.15, 0.2) is 0 Å². The SMILES string of the molecule is O=P([O-])([O-])OC1[C@@H](OP(=O)([O-])OP(=O)([O-])[O-])[C@@H](OP(=O)([O-])[O-])C(OP(=O)([O-])[O-])[C@H](OP(=O)([O-])[O-])[C@H]1OP(=O)([O-])OP(=O)([O-])[O-]. The molecule has 8 atom stereocenters. The highest BCUT2D eigenvalue weighted by Crippen LogP contribution is 2.58. The Morgan fingerprint density at radius 3 is 0.568 bits per heavy atom. The number of rotatable bonds is 16. The van der Waals surface area contributed by atoms with Crippen molar-refractivity contribution in [1.82, 2.24) is 0 Å². The van der Waals surface area contributed by atoms with E-state index in [9.17, 15) is 105 Å². The van der Waals surface area contributed by atoms with Crippen molar-refractivity contribution in [3.8, 4) is 0 Å². The first-order valence-corrected chi connectivity index (χ1v) is 20.9.